The lowest BCUT2D eigenvalue weighted by molar-refractivity contribution is -0.139. The fraction of sp³-hybridized carbons (Fsp3) is 0.176. The molecule has 1 N–H and O–H groups in total. The Hall–Kier alpha value is -4.84. The average molecular weight is 534 g/mol. The molecule has 1 fully saturated rings. The highest BCUT2D eigenvalue weighted by Gasteiger charge is 2.45. The predicted octanol–water partition coefficient (Wildman–Crippen LogP) is 6.25. The van der Waals surface area contributed by atoms with Gasteiger partial charge in [0.05, 0.1) is 18.7 Å². The standard InChI is InChI=1S/C34H31NO5/c1-23-21-27(15-18-29(23)40-22-25-9-5-3-6-10-25)32(36)30-31(26-11-7-4-8-12-26)35(34(38)33(30)37)20-19-24-13-16-28(39-2)17-14-24/h3-18,21,31,36H,19-20,22H2,1-2H3/b32-30-. The third-order valence-electron chi connectivity index (χ3n) is 7.14. The first-order valence-electron chi connectivity index (χ1n) is 13.2. The minimum absolute atomic E-state index is 0.0864. The summed E-state index contributed by atoms with van der Waals surface area (Å²) >= 11 is 0. The molecule has 6 heteroatoms. The molecule has 6 nitrogen and oxygen atoms in total. The van der Waals surface area contributed by atoms with E-state index in [9.17, 15) is 14.7 Å². The normalized spacial score (nSPS) is 16.2. The molecule has 4 aromatic carbocycles. The Morgan fingerprint density at radius 1 is 0.850 bits per heavy atom. The van der Waals surface area contributed by atoms with Crippen LogP contribution in [0.3, 0.4) is 0 Å². The minimum atomic E-state index is -0.700. The number of ether oxygens (including phenoxy) is 2. The van der Waals surface area contributed by atoms with Gasteiger partial charge in [0.1, 0.15) is 23.9 Å². The quantitative estimate of drug-likeness (QED) is 0.156. The number of ketones is 1. The molecule has 1 heterocycles. The van der Waals surface area contributed by atoms with Crippen LogP contribution in [-0.4, -0.2) is 35.4 Å². The Labute approximate surface area is 234 Å². The lowest BCUT2D eigenvalue weighted by Crippen LogP contribution is -2.31. The number of likely N-dealkylation sites (tertiary alicyclic amines) is 1. The third kappa shape index (κ3) is 5.61. The molecule has 0 aromatic heterocycles. The van der Waals surface area contributed by atoms with E-state index in [-0.39, 0.29) is 11.3 Å². The summed E-state index contributed by atoms with van der Waals surface area (Å²) in [5, 5.41) is 11.4. The van der Waals surface area contributed by atoms with Crippen molar-refractivity contribution in [2.45, 2.75) is 26.0 Å². The van der Waals surface area contributed by atoms with Crippen LogP contribution in [-0.2, 0) is 22.6 Å². The fourth-order valence-electron chi connectivity index (χ4n) is 4.98. The topological polar surface area (TPSA) is 76.1 Å². The van der Waals surface area contributed by atoms with Crippen LogP contribution in [0.5, 0.6) is 11.5 Å². The van der Waals surface area contributed by atoms with Gasteiger partial charge in [-0.1, -0.05) is 72.8 Å². The summed E-state index contributed by atoms with van der Waals surface area (Å²) in [6.45, 7) is 2.62. The summed E-state index contributed by atoms with van der Waals surface area (Å²) in [6.07, 6.45) is 0.549. The maximum atomic E-state index is 13.4. The molecule has 5 rings (SSSR count). The molecule has 1 atom stereocenters. The predicted molar refractivity (Wildman–Crippen MR) is 154 cm³/mol. The molecule has 0 spiro atoms. The lowest BCUT2D eigenvalue weighted by Gasteiger charge is -2.25. The van der Waals surface area contributed by atoms with Crippen LogP contribution in [0.1, 0.15) is 33.9 Å². The first-order chi connectivity index (χ1) is 19.5. The summed E-state index contributed by atoms with van der Waals surface area (Å²) in [7, 11) is 1.61. The largest absolute Gasteiger partial charge is 0.507 e. The van der Waals surface area contributed by atoms with E-state index in [0.717, 1.165) is 28.0 Å². The Balaban J connectivity index is 1.44. The fourth-order valence-corrected chi connectivity index (χ4v) is 4.98. The zero-order chi connectivity index (χ0) is 28.1. The van der Waals surface area contributed by atoms with Gasteiger partial charge in [0.15, 0.2) is 0 Å². The van der Waals surface area contributed by atoms with Gasteiger partial charge >= 0.3 is 0 Å². The van der Waals surface area contributed by atoms with E-state index in [0.29, 0.717) is 30.9 Å². The molecule has 0 saturated carbocycles. The Morgan fingerprint density at radius 2 is 1.52 bits per heavy atom. The summed E-state index contributed by atoms with van der Waals surface area (Å²) in [5.74, 6) is -0.0799. The van der Waals surface area contributed by atoms with E-state index in [1.54, 1.807) is 30.2 Å². The Morgan fingerprint density at radius 3 is 2.17 bits per heavy atom. The summed E-state index contributed by atoms with van der Waals surface area (Å²) in [4.78, 5) is 28.2. The maximum absolute atomic E-state index is 13.4. The average Bonchev–Trinajstić information content (AvgIpc) is 3.25. The number of nitrogens with zero attached hydrogens (tertiary/aromatic N) is 1. The van der Waals surface area contributed by atoms with Crippen molar-refractivity contribution in [2.75, 3.05) is 13.7 Å². The van der Waals surface area contributed by atoms with Gasteiger partial charge in [0, 0.05) is 12.1 Å². The van der Waals surface area contributed by atoms with Crippen LogP contribution >= 0.6 is 0 Å². The van der Waals surface area contributed by atoms with Gasteiger partial charge in [0.25, 0.3) is 11.7 Å². The number of carbonyl (C=O) groups excluding carboxylic acids is 2. The van der Waals surface area contributed by atoms with Crippen molar-refractivity contribution < 1.29 is 24.2 Å². The zero-order valence-corrected chi connectivity index (χ0v) is 22.5. The molecular formula is C34H31NO5. The van der Waals surface area contributed by atoms with Crippen LogP contribution in [0.4, 0.5) is 0 Å². The van der Waals surface area contributed by atoms with Crippen molar-refractivity contribution in [1.82, 2.24) is 4.90 Å². The number of aliphatic hydroxyl groups excluding tert-OH is 1. The van der Waals surface area contributed by atoms with E-state index in [4.69, 9.17) is 9.47 Å². The molecule has 1 aliphatic heterocycles. The molecular weight excluding hydrogens is 502 g/mol. The van der Waals surface area contributed by atoms with Gasteiger partial charge in [-0.25, -0.2) is 0 Å². The number of Topliss-reactive ketones (excluding diaryl/α,β-unsaturated/α-hetero) is 1. The van der Waals surface area contributed by atoms with Gasteiger partial charge in [-0.15, -0.1) is 0 Å². The summed E-state index contributed by atoms with van der Waals surface area (Å²) in [6, 6.07) is 31.4. The first kappa shape index (κ1) is 26.8. The van der Waals surface area contributed by atoms with Crippen molar-refractivity contribution in [1.29, 1.82) is 0 Å². The molecule has 202 valence electrons. The number of aliphatic hydroxyl groups is 1. The number of hydrogen-bond donors (Lipinski definition) is 1. The molecule has 1 saturated heterocycles. The lowest BCUT2D eigenvalue weighted by atomic mass is 9.94. The molecule has 0 aliphatic carbocycles. The van der Waals surface area contributed by atoms with Crippen molar-refractivity contribution in [3.63, 3.8) is 0 Å². The summed E-state index contributed by atoms with van der Waals surface area (Å²) < 4.78 is 11.2. The molecule has 4 aromatic rings. The molecule has 1 aliphatic rings. The van der Waals surface area contributed by atoms with E-state index >= 15 is 0 Å². The Kier molecular flexibility index (Phi) is 7.97. The van der Waals surface area contributed by atoms with E-state index in [1.807, 2.05) is 91.9 Å². The molecule has 1 amide bonds. The first-order valence-corrected chi connectivity index (χ1v) is 13.2. The van der Waals surface area contributed by atoms with Crippen LogP contribution in [0.25, 0.3) is 5.76 Å². The number of benzene rings is 4. The molecule has 1 unspecified atom stereocenters. The highest BCUT2D eigenvalue weighted by atomic mass is 16.5. The van der Waals surface area contributed by atoms with Gasteiger partial charge in [0.2, 0.25) is 0 Å². The number of amides is 1. The third-order valence-corrected chi connectivity index (χ3v) is 7.14. The number of methoxy groups -OCH3 is 1. The van der Waals surface area contributed by atoms with Crippen molar-refractivity contribution in [2.24, 2.45) is 0 Å². The van der Waals surface area contributed by atoms with E-state index < -0.39 is 17.7 Å². The van der Waals surface area contributed by atoms with Crippen LogP contribution in [0, 0.1) is 6.92 Å². The van der Waals surface area contributed by atoms with Crippen molar-refractivity contribution in [3.8, 4) is 11.5 Å². The second-order valence-electron chi connectivity index (χ2n) is 9.76. The monoisotopic (exact) mass is 533 g/mol. The van der Waals surface area contributed by atoms with Crippen LogP contribution in [0.2, 0.25) is 0 Å². The molecule has 0 bridgehead atoms. The number of hydrogen-bond acceptors (Lipinski definition) is 5. The smallest absolute Gasteiger partial charge is 0.295 e. The van der Waals surface area contributed by atoms with E-state index in [1.165, 1.54) is 0 Å². The van der Waals surface area contributed by atoms with Crippen LogP contribution in [0.15, 0.2) is 109 Å². The highest BCUT2D eigenvalue weighted by Crippen LogP contribution is 2.40. The number of aryl methyl sites for hydroxylation is 1. The summed E-state index contributed by atoms with van der Waals surface area (Å²) in [5.41, 5.74) is 4.17. The van der Waals surface area contributed by atoms with Gasteiger partial charge in [-0.3, -0.25) is 9.59 Å². The number of rotatable bonds is 9. The SMILES string of the molecule is COc1ccc(CCN2C(=O)C(=O)/C(=C(\O)c3ccc(OCc4ccccc4)c(C)c3)C2c2ccccc2)cc1. The van der Waals surface area contributed by atoms with Crippen LogP contribution < -0.4 is 9.47 Å². The minimum Gasteiger partial charge on any atom is -0.507 e. The number of carbonyl (C=O) groups is 2. The van der Waals surface area contributed by atoms with Gasteiger partial charge in [-0.2, -0.15) is 0 Å². The Bertz CT molecular complexity index is 1530. The van der Waals surface area contributed by atoms with Crippen molar-refractivity contribution in [3.05, 3.63) is 137 Å². The zero-order valence-electron chi connectivity index (χ0n) is 22.5. The second kappa shape index (κ2) is 11.9. The van der Waals surface area contributed by atoms with Gasteiger partial charge < -0.3 is 19.5 Å². The highest BCUT2D eigenvalue weighted by molar-refractivity contribution is 6.46. The molecule has 0 radical (unpaired) electrons. The van der Waals surface area contributed by atoms with Gasteiger partial charge in [-0.05, 0) is 65.9 Å². The second-order valence-corrected chi connectivity index (χ2v) is 9.76. The van der Waals surface area contributed by atoms with E-state index in [2.05, 4.69) is 0 Å². The van der Waals surface area contributed by atoms with Crippen molar-refractivity contribution >= 4 is 17.4 Å². The molecule has 40 heavy (non-hydrogen) atoms. The maximum Gasteiger partial charge on any atom is 0.295 e.